The van der Waals surface area contributed by atoms with Gasteiger partial charge in [0.2, 0.25) is 0 Å². The summed E-state index contributed by atoms with van der Waals surface area (Å²) in [6.07, 6.45) is 1.09. The van der Waals surface area contributed by atoms with E-state index >= 15 is 0 Å². The highest BCUT2D eigenvalue weighted by Crippen LogP contribution is 2.08. The van der Waals surface area contributed by atoms with Crippen LogP contribution in [0.3, 0.4) is 0 Å². The van der Waals surface area contributed by atoms with E-state index in [1.807, 2.05) is 14.0 Å². The molecule has 0 bridgehead atoms. The van der Waals surface area contributed by atoms with Crippen LogP contribution in [0.4, 0.5) is 0 Å². The van der Waals surface area contributed by atoms with E-state index in [2.05, 4.69) is 36.1 Å². The average Bonchev–Trinajstić information content (AvgIpc) is 2.29. The van der Waals surface area contributed by atoms with Gasteiger partial charge in [-0.2, -0.15) is 0 Å². The van der Waals surface area contributed by atoms with Crippen LogP contribution in [-0.4, -0.2) is 29.7 Å². The minimum Gasteiger partial charge on any atom is -0.395 e. The van der Waals surface area contributed by atoms with Gasteiger partial charge in [0.1, 0.15) is 0 Å². The van der Waals surface area contributed by atoms with Crippen LogP contribution in [0.15, 0.2) is 24.3 Å². The van der Waals surface area contributed by atoms with Crippen molar-refractivity contribution in [2.45, 2.75) is 32.9 Å². The molecule has 0 aliphatic heterocycles. The molecule has 1 aromatic rings. The molecular weight excluding hydrogens is 186 g/mol. The molecular formula is C13H21NO. The van der Waals surface area contributed by atoms with Crippen LogP contribution < -0.4 is 0 Å². The molecule has 0 fully saturated rings. The molecule has 0 aliphatic carbocycles. The van der Waals surface area contributed by atoms with Crippen molar-refractivity contribution in [3.63, 3.8) is 0 Å². The number of nitrogens with zero attached hydrogens (tertiary/aromatic N) is 1. The minimum absolute atomic E-state index is 0.212. The summed E-state index contributed by atoms with van der Waals surface area (Å²) in [5, 5.41) is 9.02. The van der Waals surface area contributed by atoms with Gasteiger partial charge in [0.15, 0.2) is 0 Å². The molecule has 1 N–H and O–H groups in total. The normalized spacial score (nSPS) is 13.1. The van der Waals surface area contributed by atoms with Crippen LogP contribution in [0, 0.1) is 0 Å². The summed E-state index contributed by atoms with van der Waals surface area (Å²) in [7, 11) is 2.04. The first-order valence-corrected chi connectivity index (χ1v) is 5.56. The zero-order valence-electron chi connectivity index (χ0n) is 9.90. The largest absolute Gasteiger partial charge is 0.395 e. The van der Waals surface area contributed by atoms with Gasteiger partial charge < -0.3 is 5.11 Å². The number of hydrogen-bond donors (Lipinski definition) is 1. The Morgan fingerprint density at radius 1 is 1.20 bits per heavy atom. The molecule has 84 valence electrons. The number of aliphatic hydroxyl groups is 1. The Balaban J connectivity index is 2.57. The highest BCUT2D eigenvalue weighted by Gasteiger charge is 2.07. The zero-order chi connectivity index (χ0) is 11.3. The number of benzene rings is 1. The van der Waals surface area contributed by atoms with Crippen LogP contribution >= 0.6 is 0 Å². The molecule has 15 heavy (non-hydrogen) atoms. The maximum absolute atomic E-state index is 9.02. The molecule has 0 spiro atoms. The number of rotatable bonds is 5. The summed E-state index contributed by atoms with van der Waals surface area (Å²) in [5.74, 6) is 0. The van der Waals surface area contributed by atoms with Crippen LogP contribution in [-0.2, 0) is 13.0 Å². The Hall–Kier alpha value is -0.860. The second kappa shape index (κ2) is 5.89. The molecule has 0 aliphatic rings. The molecule has 0 radical (unpaired) electrons. The van der Waals surface area contributed by atoms with Gasteiger partial charge in [0, 0.05) is 12.6 Å². The highest BCUT2D eigenvalue weighted by atomic mass is 16.3. The lowest BCUT2D eigenvalue weighted by molar-refractivity contribution is 0.154. The first kappa shape index (κ1) is 12.2. The van der Waals surface area contributed by atoms with Crippen molar-refractivity contribution in [3.8, 4) is 0 Å². The van der Waals surface area contributed by atoms with Gasteiger partial charge >= 0.3 is 0 Å². The molecule has 0 heterocycles. The fraction of sp³-hybridized carbons (Fsp3) is 0.538. The van der Waals surface area contributed by atoms with Gasteiger partial charge in [-0.1, -0.05) is 31.2 Å². The smallest absolute Gasteiger partial charge is 0.0584 e. The molecule has 1 atom stereocenters. The van der Waals surface area contributed by atoms with E-state index in [0.29, 0.717) is 0 Å². The van der Waals surface area contributed by atoms with Crippen molar-refractivity contribution in [2.24, 2.45) is 0 Å². The summed E-state index contributed by atoms with van der Waals surface area (Å²) in [6.45, 7) is 5.30. The van der Waals surface area contributed by atoms with Gasteiger partial charge in [-0.15, -0.1) is 0 Å². The third-order valence-corrected chi connectivity index (χ3v) is 2.88. The van der Waals surface area contributed by atoms with E-state index in [4.69, 9.17) is 5.11 Å². The lowest BCUT2D eigenvalue weighted by Gasteiger charge is -2.22. The summed E-state index contributed by atoms with van der Waals surface area (Å²) < 4.78 is 0. The van der Waals surface area contributed by atoms with Crippen LogP contribution in [0.2, 0.25) is 0 Å². The van der Waals surface area contributed by atoms with E-state index in [0.717, 1.165) is 13.0 Å². The summed E-state index contributed by atoms with van der Waals surface area (Å²) in [4.78, 5) is 2.15. The fourth-order valence-electron chi connectivity index (χ4n) is 1.46. The molecule has 0 saturated heterocycles. The topological polar surface area (TPSA) is 23.5 Å². The lowest BCUT2D eigenvalue weighted by atomic mass is 10.1. The van der Waals surface area contributed by atoms with E-state index < -0.39 is 0 Å². The third-order valence-electron chi connectivity index (χ3n) is 2.88. The second-order valence-corrected chi connectivity index (χ2v) is 4.12. The van der Waals surface area contributed by atoms with E-state index in [-0.39, 0.29) is 12.6 Å². The van der Waals surface area contributed by atoms with Crippen LogP contribution in [0.1, 0.15) is 25.0 Å². The van der Waals surface area contributed by atoms with Crippen molar-refractivity contribution in [1.82, 2.24) is 4.90 Å². The lowest BCUT2D eigenvalue weighted by Crippen LogP contribution is -2.31. The number of likely N-dealkylation sites (N-methyl/N-ethyl adjacent to an activating group) is 1. The predicted molar refractivity (Wildman–Crippen MR) is 63.8 cm³/mol. The quantitative estimate of drug-likeness (QED) is 0.799. The third kappa shape index (κ3) is 3.65. The molecule has 0 amide bonds. The Bertz CT molecular complexity index is 281. The first-order valence-electron chi connectivity index (χ1n) is 5.56. The maximum atomic E-state index is 9.02. The molecule has 0 aromatic heterocycles. The van der Waals surface area contributed by atoms with Crippen molar-refractivity contribution < 1.29 is 5.11 Å². The summed E-state index contributed by atoms with van der Waals surface area (Å²) >= 11 is 0. The minimum atomic E-state index is 0.212. The first-order chi connectivity index (χ1) is 7.17. The fourth-order valence-corrected chi connectivity index (χ4v) is 1.46. The highest BCUT2D eigenvalue weighted by molar-refractivity contribution is 5.22. The van der Waals surface area contributed by atoms with Gasteiger partial charge in [-0.25, -0.2) is 0 Å². The predicted octanol–water partition coefficient (Wildman–Crippen LogP) is 2.06. The van der Waals surface area contributed by atoms with Crippen molar-refractivity contribution in [1.29, 1.82) is 0 Å². The zero-order valence-corrected chi connectivity index (χ0v) is 9.90. The molecule has 1 unspecified atom stereocenters. The number of aryl methyl sites for hydroxylation is 1. The average molecular weight is 207 g/mol. The standard InChI is InChI=1S/C13H21NO/c1-4-12-5-7-13(8-6-12)9-14(3)11(2)10-15/h5-8,11,15H,4,9-10H2,1-3H3. The monoisotopic (exact) mass is 207 g/mol. The number of aliphatic hydroxyl groups excluding tert-OH is 1. The Morgan fingerprint density at radius 2 is 1.73 bits per heavy atom. The molecule has 2 nitrogen and oxygen atoms in total. The Morgan fingerprint density at radius 3 is 2.20 bits per heavy atom. The second-order valence-electron chi connectivity index (χ2n) is 4.12. The summed E-state index contributed by atoms with van der Waals surface area (Å²) in [6, 6.07) is 8.90. The molecule has 0 saturated carbocycles. The maximum Gasteiger partial charge on any atom is 0.0584 e. The van der Waals surface area contributed by atoms with Crippen molar-refractivity contribution in [2.75, 3.05) is 13.7 Å². The van der Waals surface area contributed by atoms with Gasteiger partial charge in [-0.05, 0) is 31.5 Å². The van der Waals surface area contributed by atoms with Gasteiger partial charge in [-0.3, -0.25) is 4.90 Å². The van der Waals surface area contributed by atoms with Crippen LogP contribution in [0.25, 0.3) is 0 Å². The van der Waals surface area contributed by atoms with Gasteiger partial charge in [0.25, 0.3) is 0 Å². The Labute approximate surface area is 92.5 Å². The van der Waals surface area contributed by atoms with E-state index in [9.17, 15) is 0 Å². The van der Waals surface area contributed by atoms with Crippen LogP contribution in [0.5, 0.6) is 0 Å². The summed E-state index contributed by atoms with van der Waals surface area (Å²) in [5.41, 5.74) is 2.67. The SMILES string of the molecule is CCc1ccc(CN(C)C(C)CO)cc1. The van der Waals surface area contributed by atoms with E-state index in [1.54, 1.807) is 0 Å². The Kier molecular flexibility index (Phi) is 4.79. The van der Waals surface area contributed by atoms with E-state index in [1.165, 1.54) is 11.1 Å². The van der Waals surface area contributed by atoms with Crippen molar-refractivity contribution in [3.05, 3.63) is 35.4 Å². The number of hydrogen-bond acceptors (Lipinski definition) is 2. The molecule has 1 rings (SSSR count). The molecule has 1 aromatic carbocycles. The molecule has 2 heteroatoms. The van der Waals surface area contributed by atoms with Gasteiger partial charge in [0.05, 0.1) is 6.61 Å². The van der Waals surface area contributed by atoms with Crippen molar-refractivity contribution >= 4 is 0 Å².